The zero-order chi connectivity index (χ0) is 22.4. The van der Waals surface area contributed by atoms with E-state index in [9.17, 15) is 9.59 Å². The number of aromatic amines is 1. The van der Waals surface area contributed by atoms with E-state index in [1.54, 1.807) is 6.20 Å². The van der Waals surface area contributed by atoms with Crippen molar-refractivity contribution in [2.24, 2.45) is 0 Å². The second-order valence-corrected chi connectivity index (χ2v) is 8.72. The summed E-state index contributed by atoms with van der Waals surface area (Å²) in [5.41, 5.74) is 4.00. The van der Waals surface area contributed by atoms with Crippen LogP contribution in [0.25, 0.3) is 33.0 Å². The maximum atomic E-state index is 13.0. The molecule has 2 aromatic heterocycles. The summed E-state index contributed by atoms with van der Waals surface area (Å²) in [6.07, 6.45) is 4.68. The van der Waals surface area contributed by atoms with Crippen molar-refractivity contribution in [1.82, 2.24) is 19.8 Å². The monoisotopic (exact) mass is 446 g/mol. The lowest BCUT2D eigenvalue weighted by Gasteiger charge is -2.10. The Hall–Kier alpha value is -3.35. The molecule has 0 saturated carbocycles. The Balaban J connectivity index is 1.73. The van der Waals surface area contributed by atoms with Gasteiger partial charge in [0, 0.05) is 46.4 Å². The van der Waals surface area contributed by atoms with Crippen molar-refractivity contribution < 1.29 is 9.59 Å². The zero-order valence-corrected chi connectivity index (χ0v) is 18.7. The molecule has 0 saturated heterocycles. The highest BCUT2D eigenvalue weighted by molar-refractivity contribution is 6.51. The molecule has 7 heteroatoms. The molecule has 1 aliphatic heterocycles. The average Bonchev–Trinajstić information content (AvgIpc) is 3.41. The van der Waals surface area contributed by atoms with E-state index in [0.29, 0.717) is 16.2 Å². The molecule has 0 bridgehead atoms. The topological polar surface area (TPSA) is 70.1 Å². The van der Waals surface area contributed by atoms with Gasteiger partial charge in [-0.1, -0.05) is 41.9 Å². The number of imide groups is 1. The molecule has 3 heterocycles. The minimum atomic E-state index is -0.386. The van der Waals surface area contributed by atoms with Crippen molar-refractivity contribution >= 4 is 56.4 Å². The fraction of sp³-hybridized carbons (Fsp3) is 0.200. The molecule has 2 aromatic carbocycles. The summed E-state index contributed by atoms with van der Waals surface area (Å²) in [6, 6.07) is 13.4. The fourth-order valence-corrected chi connectivity index (χ4v) is 4.78. The van der Waals surface area contributed by atoms with Gasteiger partial charge in [0.25, 0.3) is 11.8 Å². The van der Waals surface area contributed by atoms with Gasteiger partial charge < -0.3 is 14.5 Å². The van der Waals surface area contributed by atoms with Crippen LogP contribution in [0.1, 0.15) is 17.5 Å². The molecule has 2 amide bonds. The van der Waals surface area contributed by atoms with Crippen LogP contribution in [-0.4, -0.2) is 46.9 Å². The van der Waals surface area contributed by atoms with Gasteiger partial charge in [-0.15, -0.1) is 0 Å². The van der Waals surface area contributed by atoms with E-state index < -0.39 is 0 Å². The third-order valence-electron chi connectivity index (χ3n) is 5.91. The predicted molar refractivity (Wildman–Crippen MR) is 128 cm³/mol. The highest BCUT2D eigenvalue weighted by Crippen LogP contribution is 2.39. The Kier molecular flexibility index (Phi) is 5.12. The van der Waals surface area contributed by atoms with Gasteiger partial charge in [-0.3, -0.25) is 14.9 Å². The molecule has 1 aliphatic rings. The van der Waals surface area contributed by atoms with Gasteiger partial charge in [0.1, 0.15) is 0 Å². The smallest absolute Gasteiger partial charge is 0.259 e. The van der Waals surface area contributed by atoms with Crippen molar-refractivity contribution in [1.29, 1.82) is 0 Å². The fourth-order valence-electron chi connectivity index (χ4n) is 4.49. The number of rotatable bonds is 6. The van der Waals surface area contributed by atoms with E-state index in [-0.39, 0.29) is 11.8 Å². The normalized spacial score (nSPS) is 14.4. The largest absolute Gasteiger partial charge is 0.361 e. The summed E-state index contributed by atoms with van der Waals surface area (Å²) < 4.78 is 2.09. The highest BCUT2D eigenvalue weighted by atomic mass is 35.5. The minimum absolute atomic E-state index is 0.384. The molecule has 162 valence electrons. The molecule has 32 heavy (non-hydrogen) atoms. The first-order valence-electron chi connectivity index (χ1n) is 10.5. The van der Waals surface area contributed by atoms with E-state index >= 15 is 0 Å². The molecule has 0 radical (unpaired) electrons. The van der Waals surface area contributed by atoms with Crippen LogP contribution in [0, 0.1) is 0 Å². The number of para-hydroxylation sites is 2. The number of amides is 2. The Bertz CT molecular complexity index is 1410. The first-order valence-corrected chi connectivity index (χ1v) is 10.9. The van der Waals surface area contributed by atoms with E-state index in [4.69, 9.17) is 11.6 Å². The molecular weight excluding hydrogens is 424 g/mol. The lowest BCUT2D eigenvalue weighted by molar-refractivity contribution is -0.122. The van der Waals surface area contributed by atoms with Crippen LogP contribution in [0.3, 0.4) is 0 Å². The minimum Gasteiger partial charge on any atom is -0.361 e. The van der Waals surface area contributed by atoms with Crippen LogP contribution in [0.4, 0.5) is 0 Å². The van der Waals surface area contributed by atoms with Crippen LogP contribution < -0.4 is 5.32 Å². The number of nitrogens with zero attached hydrogens (tertiary/aromatic N) is 2. The summed E-state index contributed by atoms with van der Waals surface area (Å²) in [5, 5.41) is 4.88. The second kappa shape index (κ2) is 7.97. The number of hydrogen-bond acceptors (Lipinski definition) is 3. The summed E-state index contributed by atoms with van der Waals surface area (Å²) in [4.78, 5) is 31.3. The summed E-state index contributed by atoms with van der Waals surface area (Å²) >= 11 is 6.58. The summed E-state index contributed by atoms with van der Waals surface area (Å²) in [7, 11) is 4.08. The molecule has 0 spiro atoms. The number of fused-ring (bicyclic) bond motifs is 2. The number of benzene rings is 2. The molecule has 0 aliphatic carbocycles. The van der Waals surface area contributed by atoms with Crippen molar-refractivity contribution in [3.05, 3.63) is 71.0 Å². The number of hydrogen-bond donors (Lipinski definition) is 2. The molecule has 6 nitrogen and oxygen atoms in total. The van der Waals surface area contributed by atoms with Crippen LogP contribution in [0.2, 0.25) is 5.02 Å². The van der Waals surface area contributed by atoms with Gasteiger partial charge in [0.05, 0.1) is 21.7 Å². The molecule has 5 rings (SSSR count). The quantitative estimate of drug-likeness (QED) is 0.434. The molecular formula is C25H23ClN4O2. The van der Waals surface area contributed by atoms with Crippen LogP contribution in [0.5, 0.6) is 0 Å². The molecule has 0 fully saturated rings. The van der Waals surface area contributed by atoms with Crippen molar-refractivity contribution in [3.8, 4) is 0 Å². The number of aryl methyl sites for hydroxylation is 1. The van der Waals surface area contributed by atoms with E-state index in [2.05, 4.69) is 19.8 Å². The number of H-pyrrole nitrogens is 1. The van der Waals surface area contributed by atoms with Gasteiger partial charge in [-0.2, -0.15) is 0 Å². The van der Waals surface area contributed by atoms with Crippen LogP contribution in [-0.2, 0) is 16.1 Å². The molecule has 0 atom stereocenters. The van der Waals surface area contributed by atoms with Crippen LogP contribution in [0.15, 0.2) is 54.9 Å². The van der Waals surface area contributed by atoms with Crippen molar-refractivity contribution in [2.45, 2.75) is 13.0 Å². The highest BCUT2D eigenvalue weighted by Gasteiger charge is 2.35. The SMILES string of the molecule is CN(C)CCCn1cc(C2=C(c3c[nH]c4ccccc34)C(=O)NC2=O)c2cccc(Cl)c21. The average molecular weight is 447 g/mol. The van der Waals surface area contributed by atoms with E-state index in [1.165, 1.54) is 0 Å². The Morgan fingerprint density at radius 3 is 2.44 bits per heavy atom. The molecule has 4 aromatic rings. The van der Waals surface area contributed by atoms with Gasteiger partial charge in [-0.05, 0) is 39.2 Å². The maximum absolute atomic E-state index is 13.0. The maximum Gasteiger partial charge on any atom is 0.259 e. The van der Waals surface area contributed by atoms with E-state index in [1.807, 2.05) is 62.8 Å². The third-order valence-corrected chi connectivity index (χ3v) is 6.22. The van der Waals surface area contributed by atoms with Gasteiger partial charge in [0.2, 0.25) is 0 Å². The van der Waals surface area contributed by atoms with E-state index in [0.717, 1.165) is 52.4 Å². The molecule has 0 unspecified atom stereocenters. The third kappa shape index (κ3) is 3.32. The van der Waals surface area contributed by atoms with Gasteiger partial charge >= 0.3 is 0 Å². The first-order chi connectivity index (χ1) is 15.5. The lowest BCUT2D eigenvalue weighted by Crippen LogP contribution is -2.22. The summed E-state index contributed by atoms with van der Waals surface area (Å²) in [6.45, 7) is 1.69. The predicted octanol–water partition coefficient (Wildman–Crippen LogP) is 4.29. The van der Waals surface area contributed by atoms with Crippen molar-refractivity contribution in [2.75, 3.05) is 20.6 Å². The Morgan fingerprint density at radius 1 is 0.938 bits per heavy atom. The summed E-state index contributed by atoms with van der Waals surface area (Å²) in [5.74, 6) is -0.770. The lowest BCUT2D eigenvalue weighted by atomic mass is 9.95. The Morgan fingerprint density at radius 2 is 1.66 bits per heavy atom. The number of carbonyl (C=O) groups excluding carboxylic acids is 2. The molecule has 2 N–H and O–H groups in total. The number of carbonyl (C=O) groups is 2. The van der Waals surface area contributed by atoms with Crippen molar-refractivity contribution in [3.63, 3.8) is 0 Å². The standard InChI is InChI=1S/C25H23ClN4O2/c1-29(2)11-6-12-30-14-18(16-8-5-9-19(26)23(16)30)22-21(24(31)28-25(22)32)17-13-27-20-10-4-3-7-15(17)20/h3-5,7-10,13-14,27H,6,11-12H2,1-2H3,(H,28,31,32). The number of nitrogens with one attached hydrogen (secondary N) is 2. The number of aromatic nitrogens is 2. The zero-order valence-electron chi connectivity index (χ0n) is 17.9. The first kappa shape index (κ1) is 20.5. The van der Waals surface area contributed by atoms with Crippen LogP contribution >= 0.6 is 11.6 Å². The van der Waals surface area contributed by atoms with Gasteiger partial charge in [0.15, 0.2) is 0 Å². The second-order valence-electron chi connectivity index (χ2n) is 8.31. The number of halogens is 1. The van der Waals surface area contributed by atoms with Gasteiger partial charge in [-0.25, -0.2) is 0 Å². The Labute approximate surface area is 190 Å².